The van der Waals surface area contributed by atoms with E-state index in [9.17, 15) is 4.79 Å². The van der Waals surface area contributed by atoms with Crippen molar-refractivity contribution in [3.63, 3.8) is 0 Å². The van der Waals surface area contributed by atoms with Crippen molar-refractivity contribution >= 4 is 17.2 Å². The Morgan fingerprint density at radius 2 is 2.04 bits per heavy atom. The minimum Gasteiger partial charge on any atom is -0.385 e. The fraction of sp³-hybridized carbons (Fsp3) is 0.545. The number of aromatic nitrogens is 1. The molecule has 152 valence electrons. The second-order valence-electron chi connectivity index (χ2n) is 7.38. The lowest BCUT2D eigenvalue weighted by Crippen LogP contribution is -2.40. The van der Waals surface area contributed by atoms with Gasteiger partial charge in [-0.05, 0) is 44.3 Å². The quantitative estimate of drug-likeness (QED) is 0.651. The molecule has 6 heteroatoms. The third kappa shape index (κ3) is 5.87. The van der Waals surface area contributed by atoms with Crippen LogP contribution in [0.4, 0.5) is 0 Å². The largest absolute Gasteiger partial charge is 0.385 e. The summed E-state index contributed by atoms with van der Waals surface area (Å²) < 4.78 is 5.02. The summed E-state index contributed by atoms with van der Waals surface area (Å²) >= 11 is 1.71. The summed E-state index contributed by atoms with van der Waals surface area (Å²) in [7, 11) is 1.69. The monoisotopic (exact) mass is 401 g/mol. The Balaban J connectivity index is 1.44. The van der Waals surface area contributed by atoms with E-state index >= 15 is 0 Å². The van der Waals surface area contributed by atoms with Crippen molar-refractivity contribution in [1.82, 2.24) is 15.2 Å². The smallest absolute Gasteiger partial charge is 0.223 e. The van der Waals surface area contributed by atoms with Crippen LogP contribution in [0, 0.1) is 5.92 Å². The maximum Gasteiger partial charge on any atom is 0.223 e. The van der Waals surface area contributed by atoms with Crippen molar-refractivity contribution in [1.29, 1.82) is 0 Å². The van der Waals surface area contributed by atoms with Crippen molar-refractivity contribution in [2.75, 3.05) is 33.4 Å². The number of benzene rings is 1. The SMILES string of the molecule is CCc1ccc(-c2nc(CN3CCC(C(=O)NCCCOC)CC3)cs2)cc1. The lowest BCUT2D eigenvalue weighted by Gasteiger charge is -2.30. The van der Waals surface area contributed by atoms with Gasteiger partial charge in [-0.1, -0.05) is 31.2 Å². The molecule has 0 bridgehead atoms. The molecule has 2 aromatic rings. The Morgan fingerprint density at radius 3 is 2.71 bits per heavy atom. The molecular weight excluding hydrogens is 370 g/mol. The highest BCUT2D eigenvalue weighted by Crippen LogP contribution is 2.26. The molecule has 1 fully saturated rings. The number of likely N-dealkylation sites (tertiary alicyclic amines) is 1. The number of aryl methyl sites for hydroxylation is 1. The van der Waals surface area contributed by atoms with E-state index in [0.29, 0.717) is 13.2 Å². The summed E-state index contributed by atoms with van der Waals surface area (Å²) in [4.78, 5) is 19.5. The number of nitrogens with zero attached hydrogens (tertiary/aromatic N) is 2. The molecule has 3 rings (SSSR count). The van der Waals surface area contributed by atoms with Crippen molar-refractivity contribution in [2.45, 2.75) is 39.2 Å². The number of carbonyl (C=O) groups is 1. The number of methoxy groups -OCH3 is 1. The number of nitrogens with one attached hydrogen (secondary N) is 1. The third-order valence-corrected chi connectivity index (χ3v) is 6.27. The highest BCUT2D eigenvalue weighted by Gasteiger charge is 2.25. The van der Waals surface area contributed by atoms with Crippen LogP contribution in [0.3, 0.4) is 0 Å². The van der Waals surface area contributed by atoms with Gasteiger partial charge in [0.05, 0.1) is 5.69 Å². The van der Waals surface area contributed by atoms with Gasteiger partial charge in [0.15, 0.2) is 0 Å². The molecule has 2 heterocycles. The zero-order valence-corrected chi connectivity index (χ0v) is 17.8. The van der Waals surface area contributed by atoms with Crippen LogP contribution < -0.4 is 5.32 Å². The maximum atomic E-state index is 12.3. The van der Waals surface area contributed by atoms with E-state index in [1.165, 1.54) is 11.1 Å². The van der Waals surface area contributed by atoms with Crippen molar-refractivity contribution in [3.05, 3.63) is 40.9 Å². The molecule has 1 aromatic carbocycles. The summed E-state index contributed by atoms with van der Waals surface area (Å²) in [5.41, 5.74) is 3.67. The molecule has 0 aliphatic carbocycles. The minimum atomic E-state index is 0.141. The molecule has 1 aliphatic heterocycles. The molecule has 28 heavy (non-hydrogen) atoms. The molecule has 1 aromatic heterocycles. The van der Waals surface area contributed by atoms with Crippen LogP contribution in [0.15, 0.2) is 29.6 Å². The number of rotatable bonds is 9. The van der Waals surface area contributed by atoms with Crippen LogP contribution in [0.2, 0.25) is 0 Å². The highest BCUT2D eigenvalue weighted by molar-refractivity contribution is 7.13. The number of ether oxygens (including phenoxy) is 1. The summed E-state index contributed by atoms with van der Waals surface area (Å²) in [6, 6.07) is 8.69. The summed E-state index contributed by atoms with van der Waals surface area (Å²) in [5.74, 6) is 0.337. The molecular formula is C22H31N3O2S. The van der Waals surface area contributed by atoms with Gasteiger partial charge < -0.3 is 10.1 Å². The number of amides is 1. The highest BCUT2D eigenvalue weighted by atomic mass is 32.1. The summed E-state index contributed by atoms with van der Waals surface area (Å²) in [5, 5.41) is 6.28. The topological polar surface area (TPSA) is 54.5 Å². The van der Waals surface area contributed by atoms with E-state index in [1.54, 1.807) is 18.4 Å². The van der Waals surface area contributed by atoms with E-state index in [0.717, 1.165) is 56.0 Å². The predicted molar refractivity (Wildman–Crippen MR) is 114 cm³/mol. The van der Waals surface area contributed by atoms with Gasteiger partial charge in [-0.2, -0.15) is 0 Å². The van der Waals surface area contributed by atoms with Gasteiger partial charge in [0.2, 0.25) is 5.91 Å². The van der Waals surface area contributed by atoms with Crippen LogP contribution in [0.25, 0.3) is 10.6 Å². The van der Waals surface area contributed by atoms with E-state index in [1.807, 2.05) is 0 Å². The molecule has 1 saturated heterocycles. The first-order chi connectivity index (χ1) is 13.7. The number of carbonyl (C=O) groups excluding carboxylic acids is 1. The predicted octanol–water partition coefficient (Wildman–Crippen LogP) is 3.74. The van der Waals surface area contributed by atoms with E-state index in [2.05, 4.69) is 46.8 Å². The number of thiazole rings is 1. The van der Waals surface area contributed by atoms with Gasteiger partial charge in [-0.3, -0.25) is 9.69 Å². The molecule has 5 nitrogen and oxygen atoms in total. The van der Waals surface area contributed by atoms with Crippen LogP contribution >= 0.6 is 11.3 Å². The van der Waals surface area contributed by atoms with Crippen LogP contribution in [0.1, 0.15) is 37.4 Å². The number of piperidine rings is 1. The van der Waals surface area contributed by atoms with Crippen molar-refractivity contribution in [3.8, 4) is 10.6 Å². The zero-order valence-electron chi connectivity index (χ0n) is 16.9. The summed E-state index contributed by atoms with van der Waals surface area (Å²) in [6.07, 6.45) is 3.77. The van der Waals surface area contributed by atoms with Crippen molar-refractivity contribution in [2.24, 2.45) is 5.92 Å². The van der Waals surface area contributed by atoms with Gasteiger partial charge in [-0.25, -0.2) is 4.98 Å². The summed E-state index contributed by atoms with van der Waals surface area (Å²) in [6.45, 7) is 6.34. The van der Waals surface area contributed by atoms with Gasteiger partial charge in [0.25, 0.3) is 0 Å². The first-order valence-corrected chi connectivity index (χ1v) is 11.1. The van der Waals surface area contributed by atoms with Gasteiger partial charge in [-0.15, -0.1) is 11.3 Å². The average molecular weight is 402 g/mol. The molecule has 0 spiro atoms. The fourth-order valence-electron chi connectivity index (χ4n) is 3.55. The van der Waals surface area contributed by atoms with E-state index in [4.69, 9.17) is 9.72 Å². The number of hydrogen-bond donors (Lipinski definition) is 1. The minimum absolute atomic E-state index is 0.141. The Morgan fingerprint density at radius 1 is 1.29 bits per heavy atom. The molecule has 0 saturated carbocycles. The van der Waals surface area contributed by atoms with Gasteiger partial charge >= 0.3 is 0 Å². The van der Waals surface area contributed by atoms with Crippen LogP contribution in [0.5, 0.6) is 0 Å². The lowest BCUT2D eigenvalue weighted by molar-refractivity contribution is -0.126. The molecule has 1 amide bonds. The Kier molecular flexibility index (Phi) is 8.01. The van der Waals surface area contributed by atoms with Gasteiger partial charge in [0.1, 0.15) is 5.01 Å². The van der Waals surface area contributed by atoms with E-state index in [-0.39, 0.29) is 11.8 Å². The molecule has 1 aliphatic rings. The second-order valence-corrected chi connectivity index (χ2v) is 8.24. The molecule has 0 radical (unpaired) electrons. The molecule has 0 atom stereocenters. The molecule has 0 unspecified atom stereocenters. The third-order valence-electron chi connectivity index (χ3n) is 5.33. The Bertz CT molecular complexity index is 736. The van der Waals surface area contributed by atoms with Crippen LogP contribution in [-0.2, 0) is 22.5 Å². The second kappa shape index (κ2) is 10.7. The first kappa shape index (κ1) is 21.0. The normalized spacial score (nSPS) is 15.6. The number of hydrogen-bond acceptors (Lipinski definition) is 5. The Hall–Kier alpha value is -1.76. The molecule has 1 N–H and O–H groups in total. The van der Waals surface area contributed by atoms with Gasteiger partial charge in [0, 0.05) is 43.7 Å². The zero-order chi connectivity index (χ0) is 19.8. The fourth-order valence-corrected chi connectivity index (χ4v) is 4.37. The lowest BCUT2D eigenvalue weighted by atomic mass is 9.96. The first-order valence-electron chi connectivity index (χ1n) is 10.2. The van der Waals surface area contributed by atoms with E-state index < -0.39 is 0 Å². The maximum absolute atomic E-state index is 12.3. The Labute approximate surface area is 172 Å². The standard InChI is InChI=1S/C22H31N3O2S/c1-3-17-5-7-19(8-6-17)22-24-20(16-28-22)15-25-12-9-18(10-13-25)21(26)23-11-4-14-27-2/h5-8,16,18H,3-4,9-15H2,1-2H3,(H,23,26). The average Bonchev–Trinajstić information content (AvgIpc) is 3.20. The van der Waals surface area contributed by atoms with Crippen LogP contribution in [-0.4, -0.2) is 49.1 Å². The van der Waals surface area contributed by atoms with Crippen molar-refractivity contribution < 1.29 is 9.53 Å².